The molecule has 2 nitrogen and oxygen atoms in total. The second-order valence-electron chi connectivity index (χ2n) is 4.15. The number of hydrogen-bond acceptors (Lipinski definition) is 3. The van der Waals surface area contributed by atoms with Crippen molar-refractivity contribution in [2.75, 3.05) is 17.6 Å². The highest BCUT2D eigenvalue weighted by atomic mass is 35.5. The summed E-state index contributed by atoms with van der Waals surface area (Å²) < 4.78 is 0. The maximum absolute atomic E-state index is 6.21. The van der Waals surface area contributed by atoms with E-state index in [1.54, 1.807) is 11.8 Å². The quantitative estimate of drug-likeness (QED) is 0.835. The number of halogens is 1. The van der Waals surface area contributed by atoms with E-state index < -0.39 is 0 Å². The highest BCUT2D eigenvalue weighted by Crippen LogP contribution is 2.30. The molecule has 1 N–H and O–H groups in total. The first kappa shape index (κ1) is 11.9. The van der Waals surface area contributed by atoms with Gasteiger partial charge in [0.1, 0.15) is 0 Å². The summed E-state index contributed by atoms with van der Waals surface area (Å²) in [6.45, 7) is 0.918. The van der Waals surface area contributed by atoms with E-state index in [2.05, 4.69) is 16.4 Å². The minimum Gasteiger partial charge on any atom is -0.334 e. The fourth-order valence-corrected chi connectivity index (χ4v) is 3.08. The Morgan fingerprint density at radius 2 is 1.94 bits per heavy atom. The molecule has 18 heavy (non-hydrogen) atoms. The minimum atomic E-state index is 0.786. The van der Waals surface area contributed by atoms with Gasteiger partial charge in [-0.05, 0) is 18.6 Å². The van der Waals surface area contributed by atoms with Crippen LogP contribution in [-0.2, 0) is 0 Å². The van der Waals surface area contributed by atoms with Crippen LogP contribution in [0.1, 0.15) is 6.42 Å². The van der Waals surface area contributed by atoms with Crippen molar-refractivity contribution < 1.29 is 0 Å². The molecule has 0 unspecified atom stereocenters. The van der Waals surface area contributed by atoms with Gasteiger partial charge < -0.3 is 5.32 Å². The number of rotatable bonds is 1. The topological polar surface area (TPSA) is 24.4 Å². The van der Waals surface area contributed by atoms with Crippen molar-refractivity contribution in [3.05, 3.63) is 41.4 Å². The molecule has 2 aromatic carbocycles. The molecule has 0 spiro atoms. The van der Waals surface area contributed by atoms with Crippen LogP contribution in [0.4, 0.5) is 5.69 Å². The summed E-state index contributed by atoms with van der Waals surface area (Å²) in [5.74, 6) is 1.14. The number of benzene rings is 2. The second-order valence-corrected chi connectivity index (χ2v) is 5.65. The third kappa shape index (κ3) is 2.33. The number of thioether (sulfide) groups is 1. The molecule has 1 aliphatic rings. The molecular weight excluding hydrogens is 264 g/mol. The molecule has 0 fully saturated rings. The van der Waals surface area contributed by atoms with Crippen molar-refractivity contribution >= 4 is 45.0 Å². The zero-order valence-corrected chi connectivity index (χ0v) is 11.4. The molecule has 0 aromatic heterocycles. The summed E-state index contributed by atoms with van der Waals surface area (Å²) in [7, 11) is 0. The number of nitrogens with one attached hydrogen (secondary N) is 1. The number of hydrogen-bond donors (Lipinski definition) is 1. The van der Waals surface area contributed by atoms with Gasteiger partial charge in [0.25, 0.3) is 0 Å². The van der Waals surface area contributed by atoms with Gasteiger partial charge in [0.05, 0.1) is 0 Å². The Morgan fingerprint density at radius 1 is 1.11 bits per heavy atom. The van der Waals surface area contributed by atoms with Crippen LogP contribution in [0.5, 0.6) is 0 Å². The van der Waals surface area contributed by atoms with Gasteiger partial charge in [-0.25, -0.2) is 0 Å². The molecule has 0 saturated carbocycles. The average Bonchev–Trinajstić information content (AvgIpc) is 2.44. The predicted molar refractivity (Wildman–Crippen MR) is 82.0 cm³/mol. The lowest BCUT2D eigenvalue weighted by Gasteiger charge is -2.15. The van der Waals surface area contributed by atoms with E-state index in [9.17, 15) is 0 Å². The highest BCUT2D eigenvalue weighted by Gasteiger charge is 2.09. The van der Waals surface area contributed by atoms with E-state index in [1.165, 1.54) is 0 Å². The molecule has 0 atom stereocenters. The first-order valence-electron chi connectivity index (χ1n) is 5.96. The number of aliphatic imine (C=N–C) groups is 1. The Labute approximate surface area is 115 Å². The van der Waals surface area contributed by atoms with Crippen LogP contribution in [0.3, 0.4) is 0 Å². The van der Waals surface area contributed by atoms with Crippen LogP contribution in [0.25, 0.3) is 10.8 Å². The van der Waals surface area contributed by atoms with Crippen LogP contribution in [0, 0.1) is 0 Å². The summed E-state index contributed by atoms with van der Waals surface area (Å²) in [6.07, 6.45) is 1.16. The van der Waals surface area contributed by atoms with Crippen molar-refractivity contribution in [2.24, 2.45) is 4.99 Å². The molecular formula is C14H13ClN2S. The second kappa shape index (κ2) is 5.21. The van der Waals surface area contributed by atoms with E-state index in [-0.39, 0.29) is 0 Å². The SMILES string of the molecule is Clc1ccc(NC2=NCCCS2)c2ccccc12. The van der Waals surface area contributed by atoms with Crippen molar-refractivity contribution in [1.82, 2.24) is 0 Å². The maximum Gasteiger partial charge on any atom is 0.161 e. The lowest BCUT2D eigenvalue weighted by Crippen LogP contribution is -2.13. The van der Waals surface area contributed by atoms with Gasteiger partial charge in [-0.3, -0.25) is 4.99 Å². The van der Waals surface area contributed by atoms with E-state index in [4.69, 9.17) is 11.6 Å². The van der Waals surface area contributed by atoms with Gasteiger partial charge >= 0.3 is 0 Å². The fraction of sp³-hybridized carbons (Fsp3) is 0.214. The van der Waals surface area contributed by atoms with E-state index in [0.29, 0.717) is 0 Å². The first-order valence-corrected chi connectivity index (χ1v) is 7.32. The molecule has 2 aromatic rings. The van der Waals surface area contributed by atoms with Crippen LogP contribution in [0.15, 0.2) is 41.4 Å². The van der Waals surface area contributed by atoms with Gasteiger partial charge in [-0.2, -0.15) is 0 Å². The molecule has 1 aliphatic heterocycles. The smallest absolute Gasteiger partial charge is 0.161 e. The molecule has 0 amide bonds. The normalized spacial score (nSPS) is 15.5. The zero-order valence-electron chi connectivity index (χ0n) is 9.82. The molecule has 0 aliphatic carbocycles. The van der Waals surface area contributed by atoms with E-state index in [1.807, 2.05) is 30.3 Å². The average molecular weight is 277 g/mol. The minimum absolute atomic E-state index is 0.786. The Balaban J connectivity index is 2.01. The van der Waals surface area contributed by atoms with Crippen molar-refractivity contribution in [2.45, 2.75) is 6.42 Å². The maximum atomic E-state index is 6.21. The summed E-state index contributed by atoms with van der Waals surface area (Å²) in [5.41, 5.74) is 1.07. The summed E-state index contributed by atoms with van der Waals surface area (Å²) in [6, 6.07) is 12.1. The third-order valence-corrected chi connectivity index (χ3v) is 4.24. The van der Waals surface area contributed by atoms with Gasteiger partial charge in [0.2, 0.25) is 0 Å². The van der Waals surface area contributed by atoms with E-state index in [0.717, 1.165) is 45.4 Å². The molecule has 3 rings (SSSR count). The summed E-state index contributed by atoms with van der Waals surface area (Å²) >= 11 is 7.99. The lowest BCUT2D eigenvalue weighted by molar-refractivity contribution is 0.938. The monoisotopic (exact) mass is 276 g/mol. The number of nitrogens with zero attached hydrogens (tertiary/aromatic N) is 1. The molecule has 1 heterocycles. The van der Waals surface area contributed by atoms with Crippen LogP contribution >= 0.6 is 23.4 Å². The van der Waals surface area contributed by atoms with Crippen molar-refractivity contribution in [3.63, 3.8) is 0 Å². The van der Waals surface area contributed by atoms with Crippen LogP contribution < -0.4 is 5.32 Å². The van der Waals surface area contributed by atoms with Crippen LogP contribution in [-0.4, -0.2) is 17.5 Å². The van der Waals surface area contributed by atoms with Crippen LogP contribution in [0.2, 0.25) is 5.02 Å². The number of fused-ring (bicyclic) bond motifs is 1. The Kier molecular flexibility index (Phi) is 3.43. The highest BCUT2D eigenvalue weighted by molar-refractivity contribution is 8.14. The lowest BCUT2D eigenvalue weighted by atomic mass is 10.1. The predicted octanol–water partition coefficient (Wildman–Crippen LogP) is 4.40. The Morgan fingerprint density at radius 3 is 2.72 bits per heavy atom. The van der Waals surface area contributed by atoms with Crippen molar-refractivity contribution in [3.8, 4) is 0 Å². The van der Waals surface area contributed by atoms with Crippen molar-refractivity contribution in [1.29, 1.82) is 0 Å². The van der Waals surface area contributed by atoms with Gasteiger partial charge in [0, 0.05) is 33.8 Å². The zero-order chi connectivity index (χ0) is 12.4. The molecule has 92 valence electrons. The standard InChI is InChI=1S/C14H13ClN2S/c15-12-6-7-13(11-5-2-1-4-10(11)12)17-14-16-8-3-9-18-14/h1-2,4-7H,3,8-9H2,(H,16,17). The Bertz CT molecular complexity index is 610. The molecule has 0 radical (unpaired) electrons. The third-order valence-electron chi connectivity index (χ3n) is 2.91. The van der Waals surface area contributed by atoms with Gasteiger partial charge in [-0.15, -0.1) is 0 Å². The summed E-state index contributed by atoms with van der Waals surface area (Å²) in [4.78, 5) is 4.49. The first-order chi connectivity index (χ1) is 8.84. The number of amidine groups is 1. The fourth-order valence-electron chi connectivity index (χ4n) is 2.02. The van der Waals surface area contributed by atoms with Gasteiger partial charge in [-0.1, -0.05) is 47.6 Å². The Hall–Kier alpha value is -1.19. The molecule has 0 bridgehead atoms. The largest absolute Gasteiger partial charge is 0.334 e. The molecule has 4 heteroatoms. The number of anilines is 1. The van der Waals surface area contributed by atoms with E-state index >= 15 is 0 Å². The van der Waals surface area contributed by atoms with Gasteiger partial charge in [0.15, 0.2) is 5.17 Å². The summed E-state index contributed by atoms with van der Waals surface area (Å²) in [5, 5.41) is 7.41. The molecule has 0 saturated heterocycles.